The molecule has 0 aliphatic rings. The van der Waals surface area contributed by atoms with E-state index in [4.69, 9.17) is 5.73 Å². The van der Waals surface area contributed by atoms with E-state index in [-0.39, 0.29) is 0 Å². The van der Waals surface area contributed by atoms with E-state index in [1.807, 2.05) is 30.3 Å². The second-order valence-electron chi connectivity index (χ2n) is 4.67. The third-order valence-electron chi connectivity index (χ3n) is 2.84. The summed E-state index contributed by atoms with van der Waals surface area (Å²) in [5, 5.41) is 3.29. The summed E-state index contributed by atoms with van der Waals surface area (Å²) in [6.07, 6.45) is 0. The molecule has 0 amide bonds. The number of nitrogen functional groups attached to an aromatic ring is 1. The molecule has 0 aliphatic heterocycles. The van der Waals surface area contributed by atoms with Crippen molar-refractivity contribution in [2.75, 3.05) is 11.1 Å². The third kappa shape index (κ3) is 3.00. The number of aromatic nitrogens is 1. The molecule has 3 heteroatoms. The van der Waals surface area contributed by atoms with Gasteiger partial charge < -0.3 is 11.1 Å². The Balaban J connectivity index is 2.11. The van der Waals surface area contributed by atoms with Gasteiger partial charge in [-0.1, -0.05) is 44.2 Å². The van der Waals surface area contributed by atoms with Crippen molar-refractivity contribution in [2.24, 2.45) is 0 Å². The molecular formula is C15H19N3. The summed E-state index contributed by atoms with van der Waals surface area (Å²) >= 11 is 0. The van der Waals surface area contributed by atoms with E-state index in [1.54, 1.807) is 0 Å². The smallest absolute Gasteiger partial charge is 0.149 e. The predicted octanol–water partition coefficient (Wildman–Crippen LogP) is 3.40. The summed E-state index contributed by atoms with van der Waals surface area (Å²) in [6.45, 7) is 4.98. The highest BCUT2D eigenvalue weighted by atomic mass is 15.0. The number of pyridine rings is 1. The molecular weight excluding hydrogens is 222 g/mol. The highest BCUT2D eigenvalue weighted by molar-refractivity contribution is 5.61. The second kappa shape index (κ2) is 5.54. The van der Waals surface area contributed by atoms with Crippen molar-refractivity contribution in [1.29, 1.82) is 0 Å². The summed E-state index contributed by atoms with van der Waals surface area (Å²) in [5.74, 6) is 1.17. The lowest BCUT2D eigenvalue weighted by Crippen LogP contribution is -2.06. The molecule has 18 heavy (non-hydrogen) atoms. The number of benzene rings is 1. The van der Waals surface area contributed by atoms with Gasteiger partial charge in [-0.3, -0.25) is 0 Å². The lowest BCUT2D eigenvalue weighted by atomic mass is 10.1. The van der Waals surface area contributed by atoms with E-state index in [1.165, 1.54) is 5.56 Å². The van der Waals surface area contributed by atoms with Crippen LogP contribution in [0.25, 0.3) is 0 Å². The van der Waals surface area contributed by atoms with Gasteiger partial charge in [-0.25, -0.2) is 4.98 Å². The van der Waals surface area contributed by atoms with Crippen molar-refractivity contribution in [2.45, 2.75) is 26.3 Å². The van der Waals surface area contributed by atoms with Gasteiger partial charge in [-0.15, -0.1) is 0 Å². The highest BCUT2D eigenvalue weighted by Gasteiger charge is 2.05. The summed E-state index contributed by atoms with van der Waals surface area (Å²) in [7, 11) is 0. The predicted molar refractivity (Wildman–Crippen MR) is 76.5 cm³/mol. The van der Waals surface area contributed by atoms with Crippen LogP contribution in [0.5, 0.6) is 0 Å². The molecule has 94 valence electrons. The average Bonchev–Trinajstić information content (AvgIpc) is 2.38. The van der Waals surface area contributed by atoms with Crippen LogP contribution < -0.4 is 11.1 Å². The molecule has 1 aromatic heterocycles. The van der Waals surface area contributed by atoms with Gasteiger partial charge in [0.2, 0.25) is 0 Å². The standard InChI is InChI=1S/C15H19N3/c1-11(2)14-9-8-13(16)15(18-14)17-10-12-6-4-3-5-7-12/h3-9,11H,10,16H2,1-2H3,(H,17,18). The Bertz CT molecular complexity index is 506. The number of hydrogen-bond donors (Lipinski definition) is 2. The van der Waals surface area contributed by atoms with Gasteiger partial charge in [0.1, 0.15) is 5.82 Å². The first-order valence-corrected chi connectivity index (χ1v) is 6.21. The molecule has 0 radical (unpaired) electrons. The molecule has 3 nitrogen and oxygen atoms in total. The van der Waals surface area contributed by atoms with Gasteiger partial charge in [-0.05, 0) is 23.6 Å². The first kappa shape index (κ1) is 12.4. The van der Waals surface area contributed by atoms with E-state index in [0.29, 0.717) is 11.6 Å². The van der Waals surface area contributed by atoms with Crippen LogP contribution >= 0.6 is 0 Å². The first-order chi connectivity index (χ1) is 8.66. The molecule has 1 aromatic carbocycles. The monoisotopic (exact) mass is 241 g/mol. The molecule has 3 N–H and O–H groups in total. The Morgan fingerprint density at radius 3 is 2.50 bits per heavy atom. The maximum Gasteiger partial charge on any atom is 0.149 e. The van der Waals surface area contributed by atoms with Gasteiger partial charge in [0.05, 0.1) is 5.69 Å². The van der Waals surface area contributed by atoms with Crippen LogP contribution in [0.3, 0.4) is 0 Å². The minimum Gasteiger partial charge on any atom is -0.396 e. The molecule has 0 saturated heterocycles. The topological polar surface area (TPSA) is 50.9 Å². The van der Waals surface area contributed by atoms with Gasteiger partial charge in [0.15, 0.2) is 0 Å². The van der Waals surface area contributed by atoms with Crippen LogP contribution in [0.2, 0.25) is 0 Å². The zero-order chi connectivity index (χ0) is 13.0. The molecule has 0 spiro atoms. The Labute approximate surface area is 108 Å². The third-order valence-corrected chi connectivity index (χ3v) is 2.84. The van der Waals surface area contributed by atoms with Crippen LogP contribution in [-0.2, 0) is 6.54 Å². The maximum atomic E-state index is 5.93. The maximum absolute atomic E-state index is 5.93. The fraction of sp³-hybridized carbons (Fsp3) is 0.267. The number of hydrogen-bond acceptors (Lipinski definition) is 3. The number of nitrogens with one attached hydrogen (secondary N) is 1. The van der Waals surface area contributed by atoms with Crippen molar-refractivity contribution in [1.82, 2.24) is 4.98 Å². The van der Waals surface area contributed by atoms with Crippen molar-refractivity contribution in [3.05, 3.63) is 53.7 Å². The fourth-order valence-electron chi connectivity index (χ4n) is 1.73. The van der Waals surface area contributed by atoms with Gasteiger partial charge in [0, 0.05) is 12.2 Å². The molecule has 1 heterocycles. The van der Waals surface area contributed by atoms with Crippen molar-refractivity contribution in [3.8, 4) is 0 Å². The Morgan fingerprint density at radius 2 is 1.83 bits per heavy atom. The number of rotatable bonds is 4. The second-order valence-corrected chi connectivity index (χ2v) is 4.67. The number of nitrogens with two attached hydrogens (primary N) is 1. The van der Waals surface area contributed by atoms with E-state index in [0.717, 1.165) is 18.1 Å². The Morgan fingerprint density at radius 1 is 1.11 bits per heavy atom. The molecule has 2 rings (SSSR count). The van der Waals surface area contributed by atoms with Gasteiger partial charge in [0.25, 0.3) is 0 Å². The Kier molecular flexibility index (Phi) is 3.82. The molecule has 0 unspecified atom stereocenters. The highest BCUT2D eigenvalue weighted by Crippen LogP contribution is 2.20. The summed E-state index contributed by atoms with van der Waals surface area (Å²) < 4.78 is 0. The van der Waals surface area contributed by atoms with Crippen LogP contribution in [-0.4, -0.2) is 4.98 Å². The normalized spacial score (nSPS) is 10.6. The van der Waals surface area contributed by atoms with E-state index in [2.05, 4.69) is 36.3 Å². The van der Waals surface area contributed by atoms with Gasteiger partial charge in [-0.2, -0.15) is 0 Å². The van der Waals surface area contributed by atoms with Crippen LogP contribution in [0, 0.1) is 0 Å². The van der Waals surface area contributed by atoms with Crippen LogP contribution in [0.15, 0.2) is 42.5 Å². The lowest BCUT2D eigenvalue weighted by molar-refractivity contribution is 0.823. The first-order valence-electron chi connectivity index (χ1n) is 6.21. The van der Waals surface area contributed by atoms with Gasteiger partial charge >= 0.3 is 0 Å². The summed E-state index contributed by atoms with van der Waals surface area (Å²) in [5.41, 5.74) is 8.89. The van der Waals surface area contributed by atoms with E-state index in [9.17, 15) is 0 Å². The summed E-state index contributed by atoms with van der Waals surface area (Å²) in [4.78, 5) is 4.55. The van der Waals surface area contributed by atoms with E-state index >= 15 is 0 Å². The van der Waals surface area contributed by atoms with Crippen molar-refractivity contribution >= 4 is 11.5 Å². The van der Waals surface area contributed by atoms with Crippen molar-refractivity contribution < 1.29 is 0 Å². The Hall–Kier alpha value is -2.03. The minimum absolute atomic E-state index is 0.405. The average molecular weight is 241 g/mol. The van der Waals surface area contributed by atoms with Crippen LogP contribution in [0.4, 0.5) is 11.5 Å². The number of anilines is 2. The molecule has 0 bridgehead atoms. The van der Waals surface area contributed by atoms with Crippen LogP contribution in [0.1, 0.15) is 31.0 Å². The van der Waals surface area contributed by atoms with Crippen molar-refractivity contribution in [3.63, 3.8) is 0 Å². The zero-order valence-corrected chi connectivity index (χ0v) is 10.9. The SMILES string of the molecule is CC(C)c1ccc(N)c(NCc2ccccc2)n1. The molecule has 0 fully saturated rings. The molecule has 0 aliphatic carbocycles. The largest absolute Gasteiger partial charge is 0.396 e. The molecule has 0 atom stereocenters. The van der Waals surface area contributed by atoms with E-state index < -0.39 is 0 Å². The summed E-state index contributed by atoms with van der Waals surface area (Å²) in [6, 6.07) is 14.1. The minimum atomic E-state index is 0.405. The fourth-order valence-corrected chi connectivity index (χ4v) is 1.73. The number of nitrogens with zero attached hydrogens (tertiary/aromatic N) is 1. The lowest BCUT2D eigenvalue weighted by Gasteiger charge is -2.12. The zero-order valence-electron chi connectivity index (χ0n) is 10.9. The quantitative estimate of drug-likeness (QED) is 0.862. The molecule has 0 saturated carbocycles. The molecule has 2 aromatic rings.